The second-order valence-corrected chi connectivity index (χ2v) is 8.22. The average Bonchev–Trinajstić information content (AvgIpc) is 2.05. The molecule has 1 aromatic rings. The second-order valence-electron chi connectivity index (χ2n) is 2.14. The van der Waals surface area contributed by atoms with Crippen molar-refractivity contribution in [3.05, 3.63) is 30.3 Å². The van der Waals surface area contributed by atoms with Gasteiger partial charge < -0.3 is 0 Å². The zero-order chi connectivity index (χ0) is 7.40. The predicted octanol–water partition coefficient (Wildman–Crippen LogP) is 1.34. The number of hydrogen-bond acceptors (Lipinski definition) is 1. The summed E-state index contributed by atoms with van der Waals surface area (Å²) in [5.41, 5.74) is 0. The monoisotopic (exact) mass is 242 g/mol. The van der Waals surface area contributed by atoms with E-state index in [9.17, 15) is 3.08 Å². The van der Waals surface area contributed by atoms with Crippen molar-refractivity contribution in [1.82, 2.24) is 0 Å². The Kier molecular flexibility index (Phi) is 3.06. The molecule has 52 valence electrons. The third kappa shape index (κ3) is 1.90. The fourth-order valence-electron chi connectivity index (χ4n) is 0.828. The van der Waals surface area contributed by atoms with Gasteiger partial charge in [0, 0.05) is 0 Å². The fourth-order valence-corrected chi connectivity index (χ4v) is 3.60. The first-order valence-corrected chi connectivity index (χ1v) is 8.04. The van der Waals surface area contributed by atoms with Gasteiger partial charge in [-0.1, -0.05) is 0 Å². The molecule has 0 aromatic heterocycles. The van der Waals surface area contributed by atoms with Gasteiger partial charge in [-0.2, -0.15) is 0 Å². The molecule has 0 amide bonds. The van der Waals surface area contributed by atoms with Crippen LogP contribution in [0.1, 0.15) is 6.92 Å². The van der Waals surface area contributed by atoms with Crippen molar-refractivity contribution in [3.63, 3.8) is 0 Å². The molecule has 1 rings (SSSR count). The quantitative estimate of drug-likeness (QED) is 0.714. The minimum absolute atomic E-state index is 0.867. The van der Waals surface area contributed by atoms with Crippen molar-refractivity contribution < 1.29 is 3.08 Å². The molecule has 0 spiro atoms. The van der Waals surface area contributed by atoms with Crippen LogP contribution in [0.4, 0.5) is 0 Å². The molecule has 0 fully saturated rings. The summed E-state index contributed by atoms with van der Waals surface area (Å²) in [6.07, 6.45) is 0. The van der Waals surface area contributed by atoms with Gasteiger partial charge in [-0.15, -0.1) is 0 Å². The van der Waals surface area contributed by atoms with E-state index >= 15 is 0 Å². The summed E-state index contributed by atoms with van der Waals surface area (Å²) in [4.78, 5) is 0. The molecule has 0 bridgehead atoms. The van der Waals surface area contributed by atoms with Gasteiger partial charge in [-0.25, -0.2) is 0 Å². The van der Waals surface area contributed by atoms with Crippen molar-refractivity contribution in [2.24, 2.45) is 0 Å². The third-order valence-electron chi connectivity index (χ3n) is 1.42. The topological polar surface area (TPSA) is 17.1 Å². The van der Waals surface area contributed by atoms with Gasteiger partial charge in [0.2, 0.25) is 0 Å². The van der Waals surface area contributed by atoms with E-state index in [1.807, 2.05) is 37.3 Å². The van der Waals surface area contributed by atoms with Crippen LogP contribution in [0, 0.1) is 0 Å². The SMILES string of the molecule is C[CH2][Sn](=[O])[c]1ccccc1. The van der Waals surface area contributed by atoms with Crippen molar-refractivity contribution >= 4 is 23.3 Å². The van der Waals surface area contributed by atoms with Crippen molar-refractivity contribution in [2.75, 3.05) is 0 Å². The summed E-state index contributed by atoms with van der Waals surface area (Å²) in [6, 6.07) is 9.78. The molecule has 1 aromatic carbocycles. The maximum atomic E-state index is 11.3. The molecular weight excluding hydrogens is 231 g/mol. The first-order chi connectivity index (χ1) is 4.84. The Bertz CT molecular complexity index is 218. The molecule has 2 heteroatoms. The third-order valence-corrected chi connectivity index (χ3v) is 6.04. The predicted molar refractivity (Wildman–Crippen MR) is 43.0 cm³/mol. The molecule has 10 heavy (non-hydrogen) atoms. The van der Waals surface area contributed by atoms with Gasteiger partial charge in [0.05, 0.1) is 0 Å². The Balaban J connectivity index is 2.85. The summed E-state index contributed by atoms with van der Waals surface area (Å²) >= 11 is -2.31. The minimum atomic E-state index is -2.31. The molecule has 0 unspecified atom stereocenters. The summed E-state index contributed by atoms with van der Waals surface area (Å²) in [5.74, 6) is 0. The van der Waals surface area contributed by atoms with Crippen LogP contribution in [0.15, 0.2) is 30.3 Å². The normalized spacial score (nSPS) is 9.30. The van der Waals surface area contributed by atoms with Crippen molar-refractivity contribution in [1.29, 1.82) is 0 Å². The summed E-state index contributed by atoms with van der Waals surface area (Å²) in [7, 11) is 0. The van der Waals surface area contributed by atoms with Crippen molar-refractivity contribution in [3.8, 4) is 0 Å². The summed E-state index contributed by atoms with van der Waals surface area (Å²) in [6.45, 7) is 1.99. The van der Waals surface area contributed by atoms with Gasteiger partial charge in [0.15, 0.2) is 0 Å². The first kappa shape index (κ1) is 7.92. The van der Waals surface area contributed by atoms with Crippen LogP contribution < -0.4 is 3.58 Å². The van der Waals surface area contributed by atoms with Gasteiger partial charge in [0.1, 0.15) is 0 Å². The number of rotatable bonds is 2. The Morgan fingerprint density at radius 2 is 1.90 bits per heavy atom. The molecule has 0 aliphatic heterocycles. The van der Waals surface area contributed by atoms with E-state index in [-0.39, 0.29) is 0 Å². The molecule has 0 aliphatic rings. The molecule has 0 heterocycles. The zero-order valence-electron chi connectivity index (χ0n) is 6.00. The maximum absolute atomic E-state index is 11.3. The van der Waals surface area contributed by atoms with E-state index in [2.05, 4.69) is 0 Å². The van der Waals surface area contributed by atoms with E-state index in [1.54, 1.807) is 0 Å². The Labute approximate surface area is 68.2 Å². The van der Waals surface area contributed by atoms with Gasteiger partial charge in [-0.3, -0.25) is 0 Å². The van der Waals surface area contributed by atoms with Crippen LogP contribution in [0.2, 0.25) is 4.44 Å². The van der Waals surface area contributed by atoms with Crippen LogP contribution >= 0.6 is 0 Å². The molecular formula is C8H10OSn. The van der Waals surface area contributed by atoms with Gasteiger partial charge in [-0.05, 0) is 0 Å². The average molecular weight is 241 g/mol. The first-order valence-electron chi connectivity index (χ1n) is 3.43. The zero-order valence-corrected chi connectivity index (χ0v) is 8.86. The Morgan fingerprint density at radius 1 is 1.30 bits per heavy atom. The van der Waals surface area contributed by atoms with Gasteiger partial charge >= 0.3 is 68.1 Å². The molecule has 0 atom stereocenters. The fraction of sp³-hybridized carbons (Fsp3) is 0.250. The van der Waals surface area contributed by atoms with E-state index in [0.29, 0.717) is 0 Å². The second kappa shape index (κ2) is 3.86. The molecule has 0 radical (unpaired) electrons. The van der Waals surface area contributed by atoms with Crippen LogP contribution in [0.5, 0.6) is 0 Å². The molecule has 0 saturated carbocycles. The van der Waals surface area contributed by atoms with E-state index < -0.39 is 19.7 Å². The molecule has 0 aliphatic carbocycles. The van der Waals surface area contributed by atoms with Crippen LogP contribution in [0.3, 0.4) is 0 Å². The van der Waals surface area contributed by atoms with Crippen LogP contribution in [-0.4, -0.2) is 19.7 Å². The van der Waals surface area contributed by atoms with E-state index in [0.717, 1.165) is 8.02 Å². The Hall–Kier alpha value is -0.181. The Morgan fingerprint density at radius 3 is 2.40 bits per heavy atom. The molecule has 0 saturated heterocycles. The summed E-state index contributed by atoms with van der Waals surface area (Å²) in [5, 5.41) is 0. The molecule has 0 N–H and O–H groups in total. The summed E-state index contributed by atoms with van der Waals surface area (Å²) < 4.78 is 13.3. The standard InChI is InChI=1S/C6H5.C2H5.O.Sn/c1-2-4-6-5-3-1;1-2;;/h1-5H;1H2,2H3;;. The number of hydrogen-bond donors (Lipinski definition) is 0. The van der Waals surface area contributed by atoms with Crippen molar-refractivity contribution in [2.45, 2.75) is 11.4 Å². The van der Waals surface area contributed by atoms with E-state index in [1.165, 1.54) is 0 Å². The number of benzene rings is 1. The van der Waals surface area contributed by atoms with Crippen LogP contribution in [0.25, 0.3) is 0 Å². The molecule has 1 nitrogen and oxygen atoms in total. The van der Waals surface area contributed by atoms with Gasteiger partial charge in [0.25, 0.3) is 0 Å². The van der Waals surface area contributed by atoms with Crippen LogP contribution in [-0.2, 0) is 3.08 Å². The van der Waals surface area contributed by atoms with E-state index in [4.69, 9.17) is 0 Å².